The van der Waals surface area contributed by atoms with Gasteiger partial charge >= 0.3 is 5.69 Å². The molecule has 0 aliphatic rings. The van der Waals surface area contributed by atoms with Crippen LogP contribution in [0.3, 0.4) is 0 Å². The average molecular weight is 453 g/mol. The molecule has 0 spiro atoms. The third kappa shape index (κ3) is 4.06. The van der Waals surface area contributed by atoms with Gasteiger partial charge in [0.05, 0.1) is 28.5 Å². The molecule has 0 saturated heterocycles. The number of amides is 2. The van der Waals surface area contributed by atoms with Crippen LogP contribution in [0.1, 0.15) is 27.8 Å². The number of aromatic amines is 1. The first kappa shape index (κ1) is 21.1. The van der Waals surface area contributed by atoms with E-state index in [1.54, 1.807) is 25.1 Å². The van der Waals surface area contributed by atoms with Crippen molar-refractivity contribution in [1.82, 2.24) is 9.55 Å². The Morgan fingerprint density at radius 3 is 2.53 bits per heavy atom. The van der Waals surface area contributed by atoms with E-state index >= 15 is 0 Å². The number of H-pyrrole nitrogens is 1. The van der Waals surface area contributed by atoms with Crippen molar-refractivity contribution in [3.05, 3.63) is 92.0 Å². The Morgan fingerprint density at radius 2 is 1.81 bits per heavy atom. The first-order valence-corrected chi connectivity index (χ1v) is 9.98. The molecule has 9 nitrogen and oxygen atoms in total. The van der Waals surface area contributed by atoms with Crippen molar-refractivity contribution in [3.8, 4) is 0 Å². The largest absolute Gasteiger partial charge is 0.459 e. The van der Waals surface area contributed by atoms with E-state index in [2.05, 4.69) is 15.6 Å². The van der Waals surface area contributed by atoms with Crippen LogP contribution in [-0.2, 0) is 6.54 Å². The number of halogens is 1. The molecule has 0 unspecified atom stereocenters. The standard InChI is InChI=1S/C22H17ClN4O5/c1-2-27-21(30)14-7-5-12(10-16(14)26-22(27)31)19(28)24-15-8-6-13(23)11-17(15)25-20(29)18-4-3-9-32-18/h3-11H,2H2,1H3,(H,24,28)(H,25,29)(H,26,31). The number of anilines is 2. The van der Waals surface area contributed by atoms with E-state index in [9.17, 15) is 19.2 Å². The normalized spacial score (nSPS) is 10.8. The van der Waals surface area contributed by atoms with Crippen molar-refractivity contribution >= 4 is 45.7 Å². The van der Waals surface area contributed by atoms with Crippen LogP contribution in [-0.4, -0.2) is 21.4 Å². The highest BCUT2D eigenvalue weighted by molar-refractivity contribution is 6.31. The summed E-state index contributed by atoms with van der Waals surface area (Å²) in [5, 5.41) is 5.99. The van der Waals surface area contributed by atoms with Crippen molar-refractivity contribution in [3.63, 3.8) is 0 Å². The Kier molecular flexibility index (Phi) is 5.65. The van der Waals surface area contributed by atoms with Crippen molar-refractivity contribution in [2.75, 3.05) is 10.6 Å². The molecule has 2 aromatic heterocycles. The second-order valence-corrected chi connectivity index (χ2v) is 7.25. The van der Waals surface area contributed by atoms with Gasteiger partial charge in [0.15, 0.2) is 5.76 Å². The summed E-state index contributed by atoms with van der Waals surface area (Å²) in [6, 6.07) is 12.1. The molecule has 4 rings (SSSR count). The Morgan fingerprint density at radius 1 is 1.03 bits per heavy atom. The van der Waals surface area contributed by atoms with Crippen LogP contribution in [0.15, 0.2) is 68.8 Å². The first-order valence-electron chi connectivity index (χ1n) is 9.60. The van der Waals surface area contributed by atoms with E-state index < -0.39 is 23.1 Å². The van der Waals surface area contributed by atoms with E-state index in [1.165, 1.54) is 36.6 Å². The van der Waals surface area contributed by atoms with Crippen LogP contribution in [0.4, 0.5) is 11.4 Å². The fraction of sp³-hybridized carbons (Fsp3) is 0.0909. The highest BCUT2D eigenvalue weighted by Crippen LogP contribution is 2.27. The second kappa shape index (κ2) is 8.56. The number of hydrogen-bond acceptors (Lipinski definition) is 5. The Hall–Kier alpha value is -4.11. The van der Waals surface area contributed by atoms with Crippen molar-refractivity contribution < 1.29 is 14.0 Å². The summed E-state index contributed by atoms with van der Waals surface area (Å²) in [6.45, 7) is 1.92. The molecule has 0 atom stereocenters. The van der Waals surface area contributed by atoms with Gasteiger partial charge in [0, 0.05) is 17.1 Å². The molecule has 0 bridgehead atoms. The van der Waals surface area contributed by atoms with Gasteiger partial charge in [-0.2, -0.15) is 0 Å². The number of furan rings is 1. The number of carbonyl (C=O) groups is 2. The minimum atomic E-state index is -0.553. The summed E-state index contributed by atoms with van der Waals surface area (Å²) in [5.41, 5.74) is 0.0449. The van der Waals surface area contributed by atoms with Gasteiger partial charge in [-0.05, 0) is 55.5 Å². The number of hydrogen-bond donors (Lipinski definition) is 3. The maximum absolute atomic E-state index is 12.9. The van der Waals surface area contributed by atoms with Crippen molar-refractivity contribution in [1.29, 1.82) is 0 Å². The van der Waals surface area contributed by atoms with Gasteiger partial charge in [0.25, 0.3) is 17.4 Å². The van der Waals surface area contributed by atoms with E-state index in [1.807, 2.05) is 0 Å². The maximum atomic E-state index is 12.9. The number of nitrogens with zero attached hydrogens (tertiary/aromatic N) is 1. The van der Waals surface area contributed by atoms with Gasteiger partial charge in [-0.25, -0.2) is 4.79 Å². The van der Waals surface area contributed by atoms with Gasteiger partial charge in [-0.15, -0.1) is 0 Å². The summed E-state index contributed by atoms with van der Waals surface area (Å²) >= 11 is 6.05. The fourth-order valence-corrected chi connectivity index (χ4v) is 3.37. The number of nitrogens with one attached hydrogen (secondary N) is 3. The molecular weight excluding hydrogens is 436 g/mol. The van der Waals surface area contributed by atoms with E-state index in [0.717, 1.165) is 4.57 Å². The van der Waals surface area contributed by atoms with Crippen LogP contribution >= 0.6 is 11.6 Å². The molecule has 0 saturated carbocycles. The molecule has 32 heavy (non-hydrogen) atoms. The molecule has 2 aromatic carbocycles. The average Bonchev–Trinajstić information content (AvgIpc) is 3.30. The predicted octanol–water partition coefficient (Wildman–Crippen LogP) is 3.46. The van der Waals surface area contributed by atoms with Crippen LogP contribution in [0.2, 0.25) is 5.02 Å². The molecule has 0 radical (unpaired) electrons. The van der Waals surface area contributed by atoms with Gasteiger partial charge in [0.1, 0.15) is 0 Å². The highest BCUT2D eigenvalue weighted by atomic mass is 35.5. The first-order chi connectivity index (χ1) is 15.4. The number of benzene rings is 2. The van der Waals surface area contributed by atoms with Crippen LogP contribution < -0.4 is 21.9 Å². The SMILES string of the molecule is CCn1c(=O)[nH]c2cc(C(=O)Nc3ccc(Cl)cc3NC(=O)c3ccco3)ccc2c1=O. The Bertz CT molecular complexity index is 1450. The lowest BCUT2D eigenvalue weighted by Gasteiger charge is -2.13. The van der Waals surface area contributed by atoms with Gasteiger partial charge in [0.2, 0.25) is 0 Å². The van der Waals surface area contributed by atoms with E-state index in [-0.39, 0.29) is 29.1 Å². The van der Waals surface area contributed by atoms with Crippen LogP contribution in [0, 0.1) is 0 Å². The second-order valence-electron chi connectivity index (χ2n) is 6.82. The Balaban J connectivity index is 1.64. The fourth-order valence-electron chi connectivity index (χ4n) is 3.20. The molecular formula is C22H17ClN4O5. The van der Waals surface area contributed by atoms with E-state index in [0.29, 0.717) is 16.1 Å². The molecule has 0 aliphatic heterocycles. The minimum absolute atomic E-state index is 0.0958. The van der Waals surface area contributed by atoms with Gasteiger partial charge in [-0.3, -0.25) is 19.0 Å². The van der Waals surface area contributed by atoms with Crippen LogP contribution in [0.25, 0.3) is 10.9 Å². The third-order valence-corrected chi connectivity index (χ3v) is 5.02. The Labute approximate surface area is 185 Å². The van der Waals surface area contributed by atoms with Gasteiger partial charge < -0.3 is 20.0 Å². The molecule has 2 heterocycles. The summed E-state index contributed by atoms with van der Waals surface area (Å²) in [4.78, 5) is 52.3. The smallest absolute Gasteiger partial charge is 0.328 e. The number of carbonyl (C=O) groups excluding carboxylic acids is 2. The lowest BCUT2D eigenvalue weighted by atomic mass is 10.1. The summed E-state index contributed by atoms with van der Waals surface area (Å²) < 4.78 is 6.15. The summed E-state index contributed by atoms with van der Waals surface area (Å²) in [7, 11) is 0. The van der Waals surface area contributed by atoms with E-state index in [4.69, 9.17) is 16.0 Å². The van der Waals surface area contributed by atoms with Crippen LogP contribution in [0.5, 0.6) is 0 Å². The van der Waals surface area contributed by atoms with Crippen molar-refractivity contribution in [2.45, 2.75) is 13.5 Å². The zero-order valence-corrected chi connectivity index (χ0v) is 17.5. The summed E-state index contributed by atoms with van der Waals surface area (Å²) in [5.74, 6) is -0.926. The topological polar surface area (TPSA) is 126 Å². The minimum Gasteiger partial charge on any atom is -0.459 e. The maximum Gasteiger partial charge on any atom is 0.328 e. The molecule has 0 aliphatic carbocycles. The zero-order valence-electron chi connectivity index (χ0n) is 16.8. The molecule has 3 N–H and O–H groups in total. The number of rotatable bonds is 5. The summed E-state index contributed by atoms with van der Waals surface area (Å²) in [6.07, 6.45) is 1.37. The number of fused-ring (bicyclic) bond motifs is 1. The monoisotopic (exact) mass is 452 g/mol. The predicted molar refractivity (Wildman–Crippen MR) is 121 cm³/mol. The molecule has 10 heteroatoms. The third-order valence-electron chi connectivity index (χ3n) is 4.78. The molecule has 0 fully saturated rings. The molecule has 4 aromatic rings. The highest BCUT2D eigenvalue weighted by Gasteiger charge is 2.16. The molecule has 2 amide bonds. The number of aromatic nitrogens is 2. The molecule has 162 valence electrons. The van der Waals surface area contributed by atoms with Crippen molar-refractivity contribution in [2.24, 2.45) is 0 Å². The van der Waals surface area contributed by atoms with Gasteiger partial charge in [-0.1, -0.05) is 11.6 Å². The lowest BCUT2D eigenvalue weighted by Crippen LogP contribution is -2.34. The zero-order chi connectivity index (χ0) is 22.8. The quantitative estimate of drug-likeness (QED) is 0.427. The lowest BCUT2D eigenvalue weighted by molar-refractivity contribution is 0.0993.